The fourth-order valence-electron chi connectivity index (χ4n) is 3.31. The summed E-state index contributed by atoms with van der Waals surface area (Å²) >= 11 is 0. The van der Waals surface area contributed by atoms with Gasteiger partial charge in [0.05, 0.1) is 18.9 Å². The van der Waals surface area contributed by atoms with Gasteiger partial charge < -0.3 is 10.1 Å². The van der Waals surface area contributed by atoms with Gasteiger partial charge in [-0.2, -0.15) is 0 Å². The van der Waals surface area contributed by atoms with Crippen LogP contribution in [-0.4, -0.2) is 43.4 Å². The highest BCUT2D eigenvalue weighted by Gasteiger charge is 2.39. The van der Waals surface area contributed by atoms with Gasteiger partial charge in [0.1, 0.15) is 0 Å². The second kappa shape index (κ2) is 3.80. The molecule has 3 rings (SSSR count). The van der Waals surface area contributed by atoms with Crippen molar-refractivity contribution in [2.45, 2.75) is 38.0 Å². The topological polar surface area (TPSA) is 24.5 Å². The zero-order valence-corrected chi connectivity index (χ0v) is 8.74. The number of nitrogens with zero attached hydrogens (tertiary/aromatic N) is 1. The molecule has 0 aromatic heterocycles. The first-order valence-electron chi connectivity index (χ1n) is 6.04. The summed E-state index contributed by atoms with van der Waals surface area (Å²) in [5.41, 5.74) is 0. The maximum Gasteiger partial charge on any atom is 0.0652 e. The van der Waals surface area contributed by atoms with Crippen molar-refractivity contribution in [3.05, 3.63) is 0 Å². The normalized spacial score (nSPS) is 44.1. The number of hydrogen-bond acceptors (Lipinski definition) is 3. The second-order valence-electron chi connectivity index (χ2n) is 4.79. The zero-order chi connectivity index (χ0) is 9.38. The van der Waals surface area contributed by atoms with E-state index in [1.807, 2.05) is 0 Å². The Hall–Kier alpha value is -0.120. The summed E-state index contributed by atoms with van der Waals surface area (Å²) in [7, 11) is 0. The number of nitrogens with one attached hydrogen (secondary N) is 1. The van der Waals surface area contributed by atoms with Crippen LogP contribution >= 0.6 is 0 Å². The molecule has 2 aliphatic heterocycles. The van der Waals surface area contributed by atoms with E-state index in [1.54, 1.807) is 0 Å². The minimum Gasteiger partial charge on any atom is -0.376 e. The van der Waals surface area contributed by atoms with Gasteiger partial charge in [0.15, 0.2) is 0 Å². The average Bonchev–Trinajstić information content (AvgIpc) is 2.61. The van der Waals surface area contributed by atoms with Gasteiger partial charge in [-0.15, -0.1) is 0 Å². The van der Waals surface area contributed by atoms with Crippen LogP contribution in [0, 0.1) is 5.92 Å². The van der Waals surface area contributed by atoms with E-state index in [1.165, 1.54) is 38.8 Å². The van der Waals surface area contributed by atoms with E-state index < -0.39 is 0 Å². The van der Waals surface area contributed by atoms with Crippen LogP contribution in [0.2, 0.25) is 0 Å². The third-order valence-corrected chi connectivity index (χ3v) is 4.02. The number of fused-ring (bicyclic) bond motifs is 3. The van der Waals surface area contributed by atoms with Gasteiger partial charge in [-0.1, -0.05) is 12.8 Å². The predicted octanol–water partition coefficient (Wildman–Crippen LogP) is 0.807. The van der Waals surface area contributed by atoms with E-state index in [2.05, 4.69) is 10.2 Å². The second-order valence-corrected chi connectivity index (χ2v) is 4.79. The SMILES string of the molecule is C1CCC2C(C1)OCCN1CCNC21. The van der Waals surface area contributed by atoms with Crippen LogP contribution in [-0.2, 0) is 4.74 Å². The van der Waals surface area contributed by atoms with Gasteiger partial charge in [-0.25, -0.2) is 0 Å². The van der Waals surface area contributed by atoms with Gasteiger partial charge in [0.2, 0.25) is 0 Å². The first-order valence-corrected chi connectivity index (χ1v) is 6.04. The molecule has 3 unspecified atom stereocenters. The van der Waals surface area contributed by atoms with Crippen molar-refractivity contribution >= 4 is 0 Å². The summed E-state index contributed by atoms with van der Waals surface area (Å²) in [5, 5.41) is 3.64. The Kier molecular flexibility index (Phi) is 2.48. The molecule has 1 aliphatic carbocycles. The van der Waals surface area contributed by atoms with E-state index in [-0.39, 0.29) is 0 Å². The lowest BCUT2D eigenvalue weighted by molar-refractivity contribution is -0.00342. The van der Waals surface area contributed by atoms with E-state index in [0.717, 1.165) is 19.1 Å². The molecule has 14 heavy (non-hydrogen) atoms. The van der Waals surface area contributed by atoms with Gasteiger partial charge in [0, 0.05) is 25.6 Å². The molecule has 2 heterocycles. The maximum atomic E-state index is 5.96. The van der Waals surface area contributed by atoms with E-state index >= 15 is 0 Å². The molecule has 0 radical (unpaired) electrons. The van der Waals surface area contributed by atoms with Crippen LogP contribution in [0.15, 0.2) is 0 Å². The highest BCUT2D eigenvalue weighted by Crippen LogP contribution is 2.33. The Bertz CT molecular complexity index is 209. The Morgan fingerprint density at radius 1 is 1.14 bits per heavy atom. The largest absolute Gasteiger partial charge is 0.376 e. The van der Waals surface area contributed by atoms with Crippen molar-refractivity contribution in [2.75, 3.05) is 26.2 Å². The zero-order valence-electron chi connectivity index (χ0n) is 8.74. The van der Waals surface area contributed by atoms with E-state index in [9.17, 15) is 0 Å². The first-order chi connectivity index (χ1) is 6.95. The summed E-state index contributed by atoms with van der Waals surface area (Å²) < 4.78 is 5.96. The van der Waals surface area contributed by atoms with E-state index in [0.29, 0.717) is 12.3 Å². The van der Waals surface area contributed by atoms with E-state index in [4.69, 9.17) is 4.74 Å². The van der Waals surface area contributed by atoms with Crippen LogP contribution in [0.1, 0.15) is 25.7 Å². The molecule has 1 N–H and O–H groups in total. The third kappa shape index (κ3) is 1.47. The Labute approximate surface area is 85.8 Å². The Morgan fingerprint density at radius 2 is 2.07 bits per heavy atom. The predicted molar refractivity (Wildman–Crippen MR) is 55.1 cm³/mol. The molecule has 3 fully saturated rings. The molecular weight excluding hydrogens is 176 g/mol. The van der Waals surface area contributed by atoms with Gasteiger partial charge in [0.25, 0.3) is 0 Å². The fourth-order valence-corrected chi connectivity index (χ4v) is 3.31. The number of rotatable bonds is 0. The van der Waals surface area contributed by atoms with Crippen molar-refractivity contribution in [1.29, 1.82) is 0 Å². The minimum atomic E-state index is 0.546. The molecule has 0 aromatic rings. The van der Waals surface area contributed by atoms with Crippen LogP contribution in [0.3, 0.4) is 0 Å². The average molecular weight is 196 g/mol. The fraction of sp³-hybridized carbons (Fsp3) is 1.00. The summed E-state index contributed by atoms with van der Waals surface area (Å²) in [4.78, 5) is 2.58. The van der Waals surface area contributed by atoms with Crippen molar-refractivity contribution in [2.24, 2.45) is 5.92 Å². The molecule has 1 saturated carbocycles. The molecule has 3 heteroatoms. The van der Waals surface area contributed by atoms with Crippen LogP contribution in [0.4, 0.5) is 0 Å². The molecule has 0 bridgehead atoms. The molecule has 80 valence electrons. The van der Waals surface area contributed by atoms with Crippen LogP contribution < -0.4 is 5.32 Å². The quantitative estimate of drug-likeness (QED) is 0.620. The highest BCUT2D eigenvalue weighted by molar-refractivity contribution is 4.91. The van der Waals surface area contributed by atoms with Crippen molar-refractivity contribution in [3.8, 4) is 0 Å². The first kappa shape index (κ1) is 9.13. The molecular formula is C11H20N2O. The summed E-state index contributed by atoms with van der Waals surface area (Å²) in [6.07, 6.45) is 6.59. The standard InChI is InChI=1S/C11H20N2O/c1-2-4-10-9(3-1)11-12-5-6-13(11)7-8-14-10/h9-12H,1-8H2. The lowest BCUT2D eigenvalue weighted by Gasteiger charge is -2.35. The summed E-state index contributed by atoms with van der Waals surface area (Å²) in [6.45, 7) is 4.47. The lowest BCUT2D eigenvalue weighted by atomic mass is 9.84. The van der Waals surface area contributed by atoms with Gasteiger partial charge in [-0.3, -0.25) is 4.90 Å². The lowest BCUT2D eigenvalue weighted by Crippen LogP contribution is -2.46. The van der Waals surface area contributed by atoms with Gasteiger partial charge in [-0.05, 0) is 12.8 Å². The monoisotopic (exact) mass is 196 g/mol. The summed E-state index contributed by atoms with van der Waals surface area (Å²) in [5.74, 6) is 0.758. The minimum absolute atomic E-state index is 0.546. The Morgan fingerprint density at radius 3 is 3.07 bits per heavy atom. The Balaban J connectivity index is 1.79. The molecule has 2 saturated heterocycles. The number of hydrogen-bond donors (Lipinski definition) is 1. The maximum absolute atomic E-state index is 5.96. The van der Waals surface area contributed by atoms with Crippen molar-refractivity contribution < 1.29 is 4.74 Å². The number of ether oxygens (including phenoxy) is 1. The van der Waals surface area contributed by atoms with Crippen molar-refractivity contribution in [1.82, 2.24) is 10.2 Å². The molecule has 0 spiro atoms. The van der Waals surface area contributed by atoms with Crippen LogP contribution in [0.25, 0.3) is 0 Å². The smallest absolute Gasteiger partial charge is 0.0652 e. The van der Waals surface area contributed by atoms with Crippen LogP contribution in [0.5, 0.6) is 0 Å². The molecule has 3 atom stereocenters. The summed E-state index contributed by atoms with van der Waals surface area (Å²) in [6, 6.07) is 0. The van der Waals surface area contributed by atoms with Crippen molar-refractivity contribution in [3.63, 3.8) is 0 Å². The highest BCUT2D eigenvalue weighted by atomic mass is 16.5. The van der Waals surface area contributed by atoms with Gasteiger partial charge >= 0.3 is 0 Å². The molecule has 3 aliphatic rings. The third-order valence-electron chi connectivity index (χ3n) is 4.02. The molecule has 3 nitrogen and oxygen atoms in total. The molecule has 0 aromatic carbocycles. The molecule has 0 amide bonds.